The van der Waals surface area contributed by atoms with Crippen molar-refractivity contribution in [2.45, 2.75) is 32.1 Å². The van der Waals surface area contributed by atoms with Crippen molar-refractivity contribution < 1.29 is 8.42 Å². The zero-order valence-corrected chi connectivity index (χ0v) is 12.7. The lowest BCUT2D eigenvalue weighted by molar-refractivity contribution is 0.551. The number of aryl methyl sites for hydroxylation is 1. The predicted octanol–water partition coefficient (Wildman–Crippen LogP) is 3.08. The van der Waals surface area contributed by atoms with Crippen LogP contribution in [0.5, 0.6) is 0 Å². The average molecular weight is 320 g/mol. The second-order valence-electron chi connectivity index (χ2n) is 4.49. The van der Waals surface area contributed by atoms with Gasteiger partial charge in [0.2, 0.25) is 10.0 Å². The fourth-order valence-electron chi connectivity index (χ4n) is 1.35. The van der Waals surface area contributed by atoms with Crippen LogP contribution in [0.4, 0.5) is 0 Å². The van der Waals surface area contributed by atoms with E-state index >= 15 is 0 Å². The Morgan fingerprint density at radius 3 is 2.53 bits per heavy atom. The quantitative estimate of drug-likeness (QED) is 0.906. The second kappa shape index (κ2) is 5.98. The number of hydrogen-bond donors (Lipinski definition) is 1. The van der Waals surface area contributed by atoms with Gasteiger partial charge in [0.25, 0.3) is 0 Å². The van der Waals surface area contributed by atoms with E-state index in [0.29, 0.717) is 17.4 Å². The van der Waals surface area contributed by atoms with E-state index in [-0.39, 0.29) is 0 Å². The van der Waals surface area contributed by atoms with E-state index < -0.39 is 10.0 Å². The van der Waals surface area contributed by atoms with Crippen LogP contribution in [-0.4, -0.2) is 15.0 Å². The van der Waals surface area contributed by atoms with Gasteiger partial charge in [-0.2, -0.15) is 0 Å². The largest absolute Gasteiger partial charge is 0.240 e. The highest BCUT2D eigenvalue weighted by Crippen LogP contribution is 2.19. The van der Waals surface area contributed by atoms with Crippen LogP contribution in [0.15, 0.2) is 27.6 Å². The summed E-state index contributed by atoms with van der Waals surface area (Å²) in [6.45, 7) is 6.49. The summed E-state index contributed by atoms with van der Waals surface area (Å²) in [7, 11) is -3.37. The zero-order valence-electron chi connectivity index (χ0n) is 10.3. The third kappa shape index (κ3) is 4.41. The number of rotatable bonds is 5. The highest BCUT2D eigenvalue weighted by molar-refractivity contribution is 9.10. The van der Waals surface area contributed by atoms with Crippen LogP contribution in [0.25, 0.3) is 0 Å². The second-order valence-corrected chi connectivity index (χ2v) is 7.11. The molecule has 5 heteroatoms. The molecule has 0 radical (unpaired) electrons. The van der Waals surface area contributed by atoms with Gasteiger partial charge in [0.05, 0.1) is 4.90 Å². The number of hydrogen-bond acceptors (Lipinski definition) is 2. The van der Waals surface area contributed by atoms with Crippen molar-refractivity contribution in [2.75, 3.05) is 6.54 Å². The molecule has 0 atom stereocenters. The van der Waals surface area contributed by atoms with Crippen LogP contribution in [0.3, 0.4) is 0 Å². The third-order valence-electron chi connectivity index (χ3n) is 2.45. The van der Waals surface area contributed by atoms with Gasteiger partial charge in [-0.3, -0.25) is 0 Å². The summed E-state index contributed by atoms with van der Waals surface area (Å²) in [4.78, 5) is 0.321. The minimum absolute atomic E-state index is 0.321. The standard InChI is InChI=1S/C12H18BrNO2S/c1-9(2)6-7-14-17(15,16)11-4-5-12(13)10(3)8-11/h4-5,8-9,14H,6-7H2,1-3H3. The number of halogens is 1. The summed E-state index contributed by atoms with van der Waals surface area (Å²) in [6, 6.07) is 5.03. The Bertz CT molecular complexity index is 483. The molecule has 0 aromatic heterocycles. The lowest BCUT2D eigenvalue weighted by Gasteiger charge is -2.09. The molecular weight excluding hydrogens is 302 g/mol. The third-order valence-corrected chi connectivity index (χ3v) is 4.80. The van der Waals surface area contributed by atoms with Crippen LogP contribution in [0, 0.1) is 12.8 Å². The Hall–Kier alpha value is -0.390. The molecule has 96 valence electrons. The molecule has 0 unspecified atom stereocenters. The van der Waals surface area contributed by atoms with Crippen LogP contribution in [0.2, 0.25) is 0 Å². The minimum Gasteiger partial charge on any atom is -0.211 e. The van der Waals surface area contributed by atoms with Crippen molar-refractivity contribution in [2.24, 2.45) is 5.92 Å². The van der Waals surface area contributed by atoms with Crippen LogP contribution in [-0.2, 0) is 10.0 Å². The van der Waals surface area contributed by atoms with E-state index in [0.717, 1.165) is 16.5 Å². The van der Waals surface area contributed by atoms with Crippen molar-refractivity contribution in [3.63, 3.8) is 0 Å². The van der Waals surface area contributed by atoms with Crippen LogP contribution in [0.1, 0.15) is 25.8 Å². The van der Waals surface area contributed by atoms with Gasteiger partial charge in [-0.25, -0.2) is 13.1 Å². The first-order valence-electron chi connectivity index (χ1n) is 5.59. The van der Waals surface area contributed by atoms with Crippen LogP contribution >= 0.6 is 15.9 Å². The van der Waals surface area contributed by atoms with Gasteiger partial charge in [-0.1, -0.05) is 29.8 Å². The molecule has 0 bridgehead atoms. The highest BCUT2D eigenvalue weighted by atomic mass is 79.9. The molecule has 3 nitrogen and oxygen atoms in total. The normalized spacial score (nSPS) is 12.1. The first-order valence-corrected chi connectivity index (χ1v) is 7.86. The molecule has 1 aromatic carbocycles. The van der Waals surface area contributed by atoms with Gasteiger partial charge in [0, 0.05) is 11.0 Å². The van der Waals surface area contributed by atoms with Crippen LogP contribution < -0.4 is 4.72 Å². The van der Waals surface area contributed by atoms with Crippen molar-refractivity contribution in [3.8, 4) is 0 Å². The molecule has 0 heterocycles. The van der Waals surface area contributed by atoms with Gasteiger partial charge in [0.1, 0.15) is 0 Å². The summed E-state index contributed by atoms with van der Waals surface area (Å²) in [6.07, 6.45) is 0.842. The smallest absolute Gasteiger partial charge is 0.211 e. The van der Waals surface area contributed by atoms with E-state index in [1.165, 1.54) is 0 Å². The van der Waals surface area contributed by atoms with E-state index in [2.05, 4.69) is 34.5 Å². The summed E-state index contributed by atoms with van der Waals surface area (Å²) >= 11 is 3.35. The topological polar surface area (TPSA) is 46.2 Å². The molecule has 0 saturated heterocycles. The molecule has 0 aliphatic rings. The van der Waals surface area contributed by atoms with Crippen molar-refractivity contribution in [1.82, 2.24) is 4.72 Å². The Morgan fingerprint density at radius 2 is 2.00 bits per heavy atom. The summed E-state index contributed by atoms with van der Waals surface area (Å²) in [5.74, 6) is 0.490. The molecule has 1 aromatic rings. The Morgan fingerprint density at radius 1 is 1.35 bits per heavy atom. The van der Waals surface area contributed by atoms with Gasteiger partial charge in [-0.15, -0.1) is 0 Å². The number of benzene rings is 1. The first kappa shape index (κ1) is 14.7. The van der Waals surface area contributed by atoms with Crippen molar-refractivity contribution >= 4 is 26.0 Å². The molecule has 1 rings (SSSR count). The summed E-state index contributed by atoms with van der Waals surface area (Å²) in [5, 5.41) is 0. The van der Waals surface area contributed by atoms with Gasteiger partial charge >= 0.3 is 0 Å². The molecule has 0 amide bonds. The molecule has 17 heavy (non-hydrogen) atoms. The summed E-state index contributed by atoms with van der Waals surface area (Å²) in [5.41, 5.74) is 0.914. The Balaban J connectivity index is 2.79. The van der Waals surface area contributed by atoms with E-state index in [4.69, 9.17) is 0 Å². The van der Waals surface area contributed by atoms with E-state index in [9.17, 15) is 8.42 Å². The fourth-order valence-corrected chi connectivity index (χ4v) is 2.73. The van der Waals surface area contributed by atoms with Crippen molar-refractivity contribution in [1.29, 1.82) is 0 Å². The summed E-state index contributed by atoms with van der Waals surface area (Å²) < 4.78 is 27.4. The molecule has 0 aliphatic heterocycles. The molecule has 0 saturated carbocycles. The lowest BCUT2D eigenvalue weighted by atomic mass is 10.1. The molecule has 0 fully saturated rings. The number of nitrogens with one attached hydrogen (secondary N) is 1. The average Bonchev–Trinajstić information content (AvgIpc) is 2.21. The maximum absolute atomic E-state index is 12.0. The van der Waals surface area contributed by atoms with Crippen molar-refractivity contribution in [3.05, 3.63) is 28.2 Å². The van der Waals surface area contributed by atoms with Gasteiger partial charge < -0.3 is 0 Å². The SMILES string of the molecule is Cc1cc(S(=O)(=O)NCCC(C)C)ccc1Br. The minimum atomic E-state index is -3.37. The Kier molecular flexibility index (Phi) is 5.16. The number of sulfonamides is 1. The zero-order chi connectivity index (χ0) is 13.1. The van der Waals surface area contributed by atoms with E-state index in [1.54, 1.807) is 18.2 Å². The maximum Gasteiger partial charge on any atom is 0.240 e. The fraction of sp³-hybridized carbons (Fsp3) is 0.500. The molecule has 0 aliphatic carbocycles. The molecule has 1 N–H and O–H groups in total. The lowest BCUT2D eigenvalue weighted by Crippen LogP contribution is -2.25. The van der Waals surface area contributed by atoms with Gasteiger partial charge in [-0.05, 0) is 43.0 Å². The highest BCUT2D eigenvalue weighted by Gasteiger charge is 2.14. The monoisotopic (exact) mass is 319 g/mol. The predicted molar refractivity (Wildman–Crippen MR) is 73.5 cm³/mol. The maximum atomic E-state index is 12.0. The first-order chi connectivity index (χ1) is 7.83. The Labute approximate surface area is 112 Å². The molecular formula is C12H18BrNO2S. The van der Waals surface area contributed by atoms with E-state index in [1.807, 2.05) is 6.92 Å². The van der Waals surface area contributed by atoms with Gasteiger partial charge in [0.15, 0.2) is 0 Å². The molecule has 0 spiro atoms.